The molecule has 4 saturated carbocycles. The van der Waals surface area contributed by atoms with Gasteiger partial charge in [-0.1, -0.05) is 5.57 Å². The Morgan fingerprint density at radius 2 is 1.56 bits per heavy atom. The summed E-state index contributed by atoms with van der Waals surface area (Å²) in [6.45, 7) is 3.46. The molecule has 5 heteroatoms. The average Bonchev–Trinajstić information content (AvgIpc) is 2.54. The van der Waals surface area contributed by atoms with E-state index in [1.165, 1.54) is 44.1 Å². The normalized spacial score (nSPS) is 38.0. The molecule has 0 aromatic carbocycles. The highest BCUT2D eigenvalue weighted by Crippen LogP contribution is 2.62. The molecule has 0 aromatic heterocycles. The van der Waals surface area contributed by atoms with Gasteiger partial charge in [-0.3, -0.25) is 4.79 Å². The van der Waals surface area contributed by atoms with Gasteiger partial charge in [0.05, 0.1) is 0 Å². The lowest BCUT2D eigenvalue weighted by molar-refractivity contribution is -0.117. The number of carbonyl (C=O) groups excluding carboxylic acids is 2. The van der Waals surface area contributed by atoms with Crippen LogP contribution < -0.4 is 11.1 Å². The van der Waals surface area contributed by atoms with E-state index in [1.807, 2.05) is 6.08 Å². The molecule has 0 atom stereocenters. The highest BCUT2D eigenvalue weighted by atomic mass is 16.2. The Morgan fingerprint density at radius 3 is 2.04 bits per heavy atom. The number of likely N-dealkylation sites (tertiary alicyclic amines) is 1. The summed E-state index contributed by atoms with van der Waals surface area (Å²) >= 11 is 0. The number of primary amides is 1. The van der Waals surface area contributed by atoms with E-state index < -0.39 is 0 Å². The van der Waals surface area contributed by atoms with E-state index in [0.29, 0.717) is 18.5 Å². The second-order valence-electron chi connectivity index (χ2n) is 9.13. The van der Waals surface area contributed by atoms with Crippen molar-refractivity contribution in [3.8, 4) is 0 Å². The van der Waals surface area contributed by atoms with E-state index in [-0.39, 0.29) is 18.0 Å². The minimum Gasteiger partial charge on any atom is -0.351 e. The lowest BCUT2D eigenvalue weighted by atomic mass is 9.48. The molecule has 3 amide bonds. The minimum absolute atomic E-state index is 0.0470. The van der Waals surface area contributed by atoms with Crippen LogP contribution >= 0.6 is 0 Å². The topological polar surface area (TPSA) is 75.4 Å². The molecule has 1 saturated heterocycles. The maximum atomic E-state index is 12.5. The molecule has 0 aromatic rings. The van der Waals surface area contributed by atoms with Crippen molar-refractivity contribution in [3.63, 3.8) is 0 Å². The van der Waals surface area contributed by atoms with Crippen LogP contribution in [0.3, 0.4) is 0 Å². The number of rotatable bonds is 3. The zero-order valence-corrected chi connectivity index (χ0v) is 15.3. The predicted octanol–water partition coefficient (Wildman–Crippen LogP) is 2.81. The van der Waals surface area contributed by atoms with Gasteiger partial charge in [-0.2, -0.15) is 0 Å². The summed E-state index contributed by atoms with van der Waals surface area (Å²) in [7, 11) is 0. The number of nitrogens with one attached hydrogen (secondary N) is 1. The fraction of sp³-hybridized carbons (Fsp3) is 0.800. The van der Waals surface area contributed by atoms with Gasteiger partial charge >= 0.3 is 6.03 Å². The van der Waals surface area contributed by atoms with Crippen molar-refractivity contribution < 1.29 is 9.59 Å². The predicted molar refractivity (Wildman–Crippen MR) is 96.7 cm³/mol. The van der Waals surface area contributed by atoms with Gasteiger partial charge in [-0.15, -0.1) is 0 Å². The van der Waals surface area contributed by atoms with Crippen LogP contribution in [-0.4, -0.2) is 36.0 Å². The Bertz CT molecular complexity index is 554. The molecule has 0 radical (unpaired) electrons. The number of allylic oxidation sites excluding steroid dienone is 1. The second kappa shape index (κ2) is 6.33. The van der Waals surface area contributed by atoms with Crippen molar-refractivity contribution in [3.05, 3.63) is 11.6 Å². The van der Waals surface area contributed by atoms with Crippen LogP contribution in [0.2, 0.25) is 0 Å². The number of nitrogens with two attached hydrogens (primary N) is 1. The quantitative estimate of drug-likeness (QED) is 0.772. The molecule has 4 bridgehead atoms. The molecule has 5 aliphatic rings. The summed E-state index contributed by atoms with van der Waals surface area (Å²) < 4.78 is 0. The van der Waals surface area contributed by atoms with Gasteiger partial charge in [0.2, 0.25) is 5.91 Å². The van der Waals surface area contributed by atoms with Crippen LogP contribution in [-0.2, 0) is 4.79 Å². The van der Waals surface area contributed by atoms with Crippen LogP contribution in [0.5, 0.6) is 0 Å². The van der Waals surface area contributed by atoms with Crippen molar-refractivity contribution in [1.29, 1.82) is 0 Å². The van der Waals surface area contributed by atoms with Crippen molar-refractivity contribution >= 4 is 11.9 Å². The molecule has 1 heterocycles. The first kappa shape index (κ1) is 16.9. The summed E-state index contributed by atoms with van der Waals surface area (Å²) in [5, 5.41) is 3.15. The third-order valence-electron chi connectivity index (χ3n) is 7.38. The molecule has 4 aliphatic carbocycles. The number of nitrogens with zero attached hydrogens (tertiary/aromatic N) is 1. The van der Waals surface area contributed by atoms with Crippen LogP contribution in [0.4, 0.5) is 4.79 Å². The average molecular weight is 345 g/mol. The molecule has 5 rings (SSSR count). The fourth-order valence-corrected chi connectivity index (χ4v) is 6.43. The molecule has 0 spiro atoms. The van der Waals surface area contributed by atoms with Gasteiger partial charge < -0.3 is 16.0 Å². The minimum atomic E-state index is -0.359. The zero-order valence-electron chi connectivity index (χ0n) is 15.3. The largest absolute Gasteiger partial charge is 0.351 e. The van der Waals surface area contributed by atoms with Gasteiger partial charge in [0, 0.05) is 25.2 Å². The first-order chi connectivity index (χ1) is 11.9. The Morgan fingerprint density at radius 1 is 1.04 bits per heavy atom. The molecular formula is C20H31N3O2. The number of hydrogen-bond donors (Lipinski definition) is 2. The second-order valence-corrected chi connectivity index (χ2v) is 9.13. The number of amides is 3. The lowest BCUT2D eigenvalue weighted by Crippen LogP contribution is -2.48. The number of carbonyl (C=O) groups is 2. The van der Waals surface area contributed by atoms with E-state index in [9.17, 15) is 9.59 Å². The van der Waals surface area contributed by atoms with Crippen LogP contribution in [0.15, 0.2) is 11.6 Å². The van der Waals surface area contributed by atoms with Crippen molar-refractivity contribution in [2.24, 2.45) is 28.9 Å². The van der Waals surface area contributed by atoms with Crippen molar-refractivity contribution in [1.82, 2.24) is 10.2 Å². The first-order valence-corrected chi connectivity index (χ1v) is 9.97. The highest BCUT2D eigenvalue weighted by molar-refractivity contribution is 5.88. The van der Waals surface area contributed by atoms with E-state index in [2.05, 4.69) is 12.2 Å². The number of urea groups is 1. The summed E-state index contributed by atoms with van der Waals surface area (Å²) in [4.78, 5) is 25.4. The first-order valence-electron chi connectivity index (χ1n) is 9.97. The summed E-state index contributed by atoms with van der Waals surface area (Å²) in [6, 6.07) is -0.203. The fourth-order valence-electron chi connectivity index (χ4n) is 6.43. The third kappa shape index (κ3) is 3.30. The standard InChI is InChI=1S/C20H31N3O2/c1-13(20-10-14-7-15(11-20)9-16(8-14)12-20)6-18(24)22-17-2-4-23(5-3-17)19(21)25/h6,14-17H,2-5,7-12H2,1H3,(H2,21,25)(H,22,24)/b13-6-. The summed E-state index contributed by atoms with van der Waals surface area (Å²) in [5.74, 6) is 2.74. The van der Waals surface area contributed by atoms with Crippen LogP contribution in [0, 0.1) is 23.2 Å². The molecule has 5 fully saturated rings. The molecular weight excluding hydrogens is 314 g/mol. The van der Waals surface area contributed by atoms with Crippen molar-refractivity contribution in [2.75, 3.05) is 13.1 Å². The molecule has 5 nitrogen and oxygen atoms in total. The van der Waals surface area contributed by atoms with Crippen molar-refractivity contribution in [2.45, 2.75) is 64.3 Å². The smallest absolute Gasteiger partial charge is 0.314 e. The maximum Gasteiger partial charge on any atom is 0.314 e. The maximum absolute atomic E-state index is 12.5. The monoisotopic (exact) mass is 345 g/mol. The highest BCUT2D eigenvalue weighted by Gasteiger charge is 2.51. The molecule has 138 valence electrons. The van der Waals surface area contributed by atoms with Gasteiger partial charge in [0.1, 0.15) is 0 Å². The Hall–Kier alpha value is -1.52. The zero-order chi connectivity index (χ0) is 17.6. The van der Waals surface area contributed by atoms with Gasteiger partial charge in [-0.25, -0.2) is 4.79 Å². The van der Waals surface area contributed by atoms with Gasteiger partial charge in [-0.05, 0) is 81.5 Å². The number of hydrogen-bond acceptors (Lipinski definition) is 2. The lowest BCUT2D eigenvalue weighted by Gasteiger charge is -2.57. The molecule has 1 aliphatic heterocycles. The van der Waals surface area contributed by atoms with E-state index in [0.717, 1.165) is 30.6 Å². The van der Waals surface area contributed by atoms with E-state index >= 15 is 0 Å². The summed E-state index contributed by atoms with van der Waals surface area (Å²) in [6.07, 6.45) is 11.6. The molecule has 3 N–H and O–H groups in total. The van der Waals surface area contributed by atoms with Crippen LogP contribution in [0.1, 0.15) is 58.3 Å². The summed E-state index contributed by atoms with van der Waals surface area (Å²) in [5.41, 5.74) is 6.93. The molecule has 0 unspecified atom stereocenters. The van der Waals surface area contributed by atoms with Gasteiger partial charge in [0.25, 0.3) is 0 Å². The Balaban J connectivity index is 1.36. The van der Waals surface area contributed by atoms with E-state index in [1.54, 1.807) is 4.90 Å². The van der Waals surface area contributed by atoms with E-state index in [4.69, 9.17) is 5.73 Å². The SMILES string of the molecule is C/C(=C/C(=O)NC1CCN(C(N)=O)CC1)C12CC3CC(CC(C3)C1)C2. The molecule has 25 heavy (non-hydrogen) atoms. The Labute approximate surface area is 150 Å². The van der Waals surface area contributed by atoms with Crippen LogP contribution in [0.25, 0.3) is 0 Å². The Kier molecular flexibility index (Phi) is 4.28. The third-order valence-corrected chi connectivity index (χ3v) is 7.38. The van der Waals surface area contributed by atoms with Gasteiger partial charge in [0.15, 0.2) is 0 Å². The number of piperidine rings is 1.